The topological polar surface area (TPSA) is 82.0 Å². The number of rotatable bonds is 5. The second-order valence-electron chi connectivity index (χ2n) is 8.03. The summed E-state index contributed by atoms with van der Waals surface area (Å²) in [5, 5.41) is 12.0. The van der Waals surface area contributed by atoms with Crippen LogP contribution in [-0.4, -0.2) is 34.9 Å². The lowest BCUT2D eigenvalue weighted by molar-refractivity contribution is 0.0945. The Bertz CT molecular complexity index is 1530. The highest BCUT2D eigenvalue weighted by atomic mass is 35.5. The molecular formula is C23H21ClFN7O. The number of aromatic nitrogens is 6. The zero-order valence-corrected chi connectivity index (χ0v) is 19.1. The molecule has 168 valence electrons. The van der Waals surface area contributed by atoms with E-state index in [9.17, 15) is 9.18 Å². The maximum atomic E-state index is 14.4. The normalized spacial score (nSPS) is 11.5. The first-order chi connectivity index (χ1) is 15.8. The lowest BCUT2D eigenvalue weighted by Gasteiger charge is -2.04. The molecule has 0 saturated carbocycles. The van der Waals surface area contributed by atoms with Gasteiger partial charge in [0.05, 0.1) is 36.3 Å². The first-order valence-electron chi connectivity index (χ1n) is 10.4. The largest absolute Gasteiger partial charge is 0.348 e. The van der Waals surface area contributed by atoms with Gasteiger partial charge in [-0.15, -0.1) is 5.10 Å². The number of aryl methyl sites for hydroxylation is 2. The number of amides is 1. The Morgan fingerprint density at radius 2 is 2.06 bits per heavy atom. The van der Waals surface area contributed by atoms with Crippen LogP contribution in [0.3, 0.4) is 0 Å². The minimum absolute atomic E-state index is 0.00226. The first kappa shape index (κ1) is 21.1. The summed E-state index contributed by atoms with van der Waals surface area (Å²) >= 11 is 5.87. The lowest BCUT2D eigenvalue weighted by Crippen LogP contribution is -2.23. The fourth-order valence-corrected chi connectivity index (χ4v) is 4.18. The maximum absolute atomic E-state index is 14.4. The van der Waals surface area contributed by atoms with Gasteiger partial charge in [-0.05, 0) is 43.2 Å². The van der Waals surface area contributed by atoms with Gasteiger partial charge in [0.1, 0.15) is 5.52 Å². The zero-order chi connectivity index (χ0) is 23.3. The van der Waals surface area contributed by atoms with Crippen LogP contribution in [0.1, 0.15) is 33.0 Å². The number of carbonyl (C=O) groups is 1. The average Bonchev–Trinajstić information content (AvgIpc) is 3.50. The predicted molar refractivity (Wildman–Crippen MR) is 123 cm³/mol. The number of nitrogens with one attached hydrogen (secondary N) is 1. The SMILES string of the molecule is Cc1c(C)n(C)c2ccc(Cn3cc(C(=O)NCc4ncn5ccc(Cl)c(F)c45)nn3)cc12. The van der Waals surface area contributed by atoms with E-state index in [1.165, 1.54) is 39.0 Å². The second kappa shape index (κ2) is 8.00. The smallest absolute Gasteiger partial charge is 0.273 e. The van der Waals surface area contributed by atoms with Gasteiger partial charge < -0.3 is 14.3 Å². The Morgan fingerprint density at radius 1 is 1.24 bits per heavy atom. The molecule has 0 spiro atoms. The van der Waals surface area contributed by atoms with Crippen LogP contribution in [0.25, 0.3) is 16.4 Å². The number of imidazole rings is 1. The van der Waals surface area contributed by atoms with Crippen LogP contribution in [0.2, 0.25) is 5.02 Å². The quantitative estimate of drug-likeness (QED) is 0.428. The highest BCUT2D eigenvalue weighted by molar-refractivity contribution is 6.31. The molecule has 0 aliphatic heterocycles. The van der Waals surface area contributed by atoms with E-state index in [0.29, 0.717) is 12.2 Å². The molecule has 33 heavy (non-hydrogen) atoms. The molecule has 0 saturated heterocycles. The minimum Gasteiger partial charge on any atom is -0.348 e. The van der Waals surface area contributed by atoms with Crippen molar-refractivity contribution in [1.29, 1.82) is 0 Å². The van der Waals surface area contributed by atoms with Crippen LogP contribution in [0.15, 0.2) is 43.0 Å². The number of fused-ring (bicyclic) bond motifs is 2. The summed E-state index contributed by atoms with van der Waals surface area (Å²) in [6, 6.07) is 7.73. The minimum atomic E-state index is -0.576. The van der Waals surface area contributed by atoms with E-state index in [1.807, 2.05) is 6.07 Å². The standard InChI is InChI=1S/C23H21ClFN7O/c1-13-14(2)30(3)20-5-4-15(8-16(13)20)10-32-11-19(28-29-32)23(33)26-9-18-22-21(25)17(24)6-7-31(22)12-27-18/h4-8,11-12H,9-10H2,1-3H3,(H,26,33). The Kier molecular flexibility index (Phi) is 5.13. The molecule has 4 aromatic heterocycles. The maximum Gasteiger partial charge on any atom is 0.273 e. The fourth-order valence-electron chi connectivity index (χ4n) is 4.04. The lowest BCUT2D eigenvalue weighted by atomic mass is 10.1. The molecule has 0 atom stereocenters. The van der Waals surface area contributed by atoms with Crippen LogP contribution in [0.5, 0.6) is 0 Å². The molecule has 1 amide bonds. The van der Waals surface area contributed by atoms with Crippen molar-refractivity contribution in [3.63, 3.8) is 0 Å². The van der Waals surface area contributed by atoms with Gasteiger partial charge in [-0.1, -0.05) is 22.9 Å². The summed E-state index contributed by atoms with van der Waals surface area (Å²) in [7, 11) is 2.06. The summed E-state index contributed by atoms with van der Waals surface area (Å²) in [6.07, 6.45) is 4.67. The number of halogens is 2. The monoisotopic (exact) mass is 465 g/mol. The van der Waals surface area contributed by atoms with E-state index in [2.05, 4.69) is 58.2 Å². The van der Waals surface area contributed by atoms with Crippen molar-refractivity contribution in [3.8, 4) is 0 Å². The average molecular weight is 466 g/mol. The van der Waals surface area contributed by atoms with Crippen molar-refractivity contribution in [1.82, 2.24) is 34.3 Å². The third-order valence-corrected chi connectivity index (χ3v) is 6.36. The van der Waals surface area contributed by atoms with Crippen LogP contribution in [0, 0.1) is 19.7 Å². The summed E-state index contributed by atoms with van der Waals surface area (Å²) in [5.41, 5.74) is 5.49. The van der Waals surface area contributed by atoms with Gasteiger partial charge in [0.25, 0.3) is 5.91 Å². The third kappa shape index (κ3) is 3.64. The van der Waals surface area contributed by atoms with Gasteiger partial charge in [0.15, 0.2) is 11.5 Å². The second-order valence-corrected chi connectivity index (χ2v) is 8.44. The van der Waals surface area contributed by atoms with Crippen molar-refractivity contribution in [2.75, 3.05) is 0 Å². The Hall–Kier alpha value is -3.72. The molecule has 5 aromatic rings. The molecular weight excluding hydrogens is 445 g/mol. The molecule has 0 unspecified atom stereocenters. The van der Waals surface area contributed by atoms with Crippen molar-refractivity contribution in [2.45, 2.75) is 26.9 Å². The molecule has 0 fully saturated rings. The van der Waals surface area contributed by atoms with E-state index in [4.69, 9.17) is 11.6 Å². The zero-order valence-electron chi connectivity index (χ0n) is 18.3. The summed E-state index contributed by atoms with van der Waals surface area (Å²) < 4.78 is 19.7. The van der Waals surface area contributed by atoms with Gasteiger partial charge in [-0.3, -0.25) is 4.79 Å². The first-order valence-corrected chi connectivity index (χ1v) is 10.7. The summed E-state index contributed by atoms with van der Waals surface area (Å²) in [4.78, 5) is 16.7. The van der Waals surface area contributed by atoms with Crippen LogP contribution in [0.4, 0.5) is 4.39 Å². The molecule has 5 rings (SSSR count). The van der Waals surface area contributed by atoms with E-state index < -0.39 is 11.7 Å². The van der Waals surface area contributed by atoms with Crippen molar-refractivity contribution >= 4 is 33.9 Å². The predicted octanol–water partition coefficient (Wildman–Crippen LogP) is 3.81. The number of pyridine rings is 1. The van der Waals surface area contributed by atoms with E-state index in [-0.39, 0.29) is 22.8 Å². The van der Waals surface area contributed by atoms with Gasteiger partial charge >= 0.3 is 0 Å². The van der Waals surface area contributed by atoms with Gasteiger partial charge in [0.2, 0.25) is 0 Å². The molecule has 10 heteroatoms. The van der Waals surface area contributed by atoms with Crippen molar-refractivity contribution in [2.24, 2.45) is 7.05 Å². The molecule has 0 aliphatic rings. The molecule has 0 bridgehead atoms. The Morgan fingerprint density at radius 3 is 2.88 bits per heavy atom. The van der Waals surface area contributed by atoms with Crippen LogP contribution >= 0.6 is 11.6 Å². The number of benzene rings is 1. The molecule has 0 aliphatic carbocycles. The van der Waals surface area contributed by atoms with Gasteiger partial charge in [-0.25, -0.2) is 14.1 Å². The Labute approximate surface area is 193 Å². The van der Waals surface area contributed by atoms with Crippen LogP contribution in [-0.2, 0) is 20.1 Å². The highest BCUT2D eigenvalue weighted by Gasteiger charge is 2.16. The van der Waals surface area contributed by atoms with Crippen molar-refractivity contribution in [3.05, 3.63) is 82.0 Å². The molecule has 1 aromatic carbocycles. The van der Waals surface area contributed by atoms with Gasteiger partial charge in [0, 0.05) is 29.8 Å². The Balaban J connectivity index is 1.30. The molecule has 4 heterocycles. The summed E-state index contributed by atoms with van der Waals surface area (Å²) in [6.45, 7) is 4.73. The van der Waals surface area contributed by atoms with Crippen molar-refractivity contribution < 1.29 is 9.18 Å². The van der Waals surface area contributed by atoms with E-state index in [1.54, 1.807) is 17.1 Å². The van der Waals surface area contributed by atoms with Crippen LogP contribution < -0.4 is 5.32 Å². The number of hydrogen-bond donors (Lipinski definition) is 1. The van der Waals surface area contributed by atoms with E-state index >= 15 is 0 Å². The number of nitrogens with zero attached hydrogens (tertiary/aromatic N) is 6. The third-order valence-electron chi connectivity index (χ3n) is 6.07. The number of hydrogen-bond acceptors (Lipinski definition) is 4. The molecule has 1 N–H and O–H groups in total. The molecule has 0 radical (unpaired) electrons. The number of carbonyl (C=O) groups excluding carboxylic acids is 1. The summed E-state index contributed by atoms with van der Waals surface area (Å²) in [5.74, 6) is -0.998. The van der Waals surface area contributed by atoms with Gasteiger partial charge in [-0.2, -0.15) is 0 Å². The molecule has 8 nitrogen and oxygen atoms in total. The highest BCUT2D eigenvalue weighted by Crippen LogP contribution is 2.25. The fraction of sp³-hybridized carbons (Fsp3) is 0.217. The van der Waals surface area contributed by atoms with E-state index in [0.717, 1.165) is 5.56 Å².